The summed E-state index contributed by atoms with van der Waals surface area (Å²) in [5.41, 5.74) is -0.850. The minimum Gasteiger partial charge on any atom is -0.381 e. The molecule has 1 aromatic carbocycles. The molecule has 1 saturated heterocycles. The zero-order chi connectivity index (χ0) is 14.8. The maximum Gasteiger partial charge on any atom is 0.416 e. The van der Waals surface area contributed by atoms with E-state index < -0.39 is 17.6 Å². The molecule has 6 heteroatoms. The highest BCUT2D eigenvalue weighted by Gasteiger charge is 2.31. The van der Waals surface area contributed by atoms with Crippen LogP contribution in [0.4, 0.5) is 23.2 Å². The first kappa shape index (κ1) is 15.1. The summed E-state index contributed by atoms with van der Waals surface area (Å²) in [6.45, 7) is 4.60. The summed E-state index contributed by atoms with van der Waals surface area (Å²) < 4.78 is 50.9. The van der Waals surface area contributed by atoms with Crippen molar-refractivity contribution in [3.8, 4) is 0 Å². The van der Waals surface area contributed by atoms with Gasteiger partial charge in [0, 0.05) is 12.6 Å². The average Bonchev–Trinajstić information content (AvgIpc) is 2.89. The normalized spacial score (nSPS) is 18.2. The molecule has 0 aliphatic carbocycles. The van der Waals surface area contributed by atoms with E-state index in [0.29, 0.717) is 12.6 Å². The summed E-state index contributed by atoms with van der Waals surface area (Å²) in [6, 6.07) is 2.81. The zero-order valence-electron chi connectivity index (χ0n) is 11.3. The van der Waals surface area contributed by atoms with E-state index in [1.165, 1.54) is 12.8 Å². The number of likely N-dealkylation sites (tertiary alicyclic amines) is 1. The topological polar surface area (TPSA) is 15.3 Å². The molecule has 2 rings (SSSR count). The van der Waals surface area contributed by atoms with E-state index in [9.17, 15) is 17.6 Å². The Bertz CT molecular complexity index is 453. The first-order valence-corrected chi connectivity index (χ1v) is 6.72. The highest BCUT2D eigenvalue weighted by molar-refractivity contribution is 5.47. The van der Waals surface area contributed by atoms with Crippen molar-refractivity contribution < 1.29 is 17.6 Å². The largest absolute Gasteiger partial charge is 0.416 e. The van der Waals surface area contributed by atoms with Gasteiger partial charge in [-0.05, 0) is 51.1 Å². The third-order valence-corrected chi connectivity index (χ3v) is 3.65. The number of alkyl halides is 3. The second-order valence-electron chi connectivity index (χ2n) is 5.17. The van der Waals surface area contributed by atoms with Gasteiger partial charge in [-0.3, -0.25) is 4.90 Å². The minimum atomic E-state index is -4.51. The predicted octanol–water partition coefficient (Wildman–Crippen LogP) is 3.74. The molecule has 1 heterocycles. The van der Waals surface area contributed by atoms with Gasteiger partial charge in [-0.2, -0.15) is 13.2 Å². The molecule has 1 N–H and O–H groups in total. The monoisotopic (exact) mass is 290 g/mol. The van der Waals surface area contributed by atoms with Gasteiger partial charge in [-0.15, -0.1) is 0 Å². The third-order valence-electron chi connectivity index (χ3n) is 3.65. The van der Waals surface area contributed by atoms with E-state index in [-0.39, 0.29) is 11.7 Å². The van der Waals surface area contributed by atoms with Crippen molar-refractivity contribution in [1.29, 1.82) is 0 Å². The van der Waals surface area contributed by atoms with Crippen molar-refractivity contribution >= 4 is 5.69 Å². The van der Waals surface area contributed by atoms with Crippen LogP contribution in [0.3, 0.4) is 0 Å². The number of nitrogens with zero attached hydrogens (tertiary/aromatic N) is 1. The van der Waals surface area contributed by atoms with Crippen molar-refractivity contribution in [3.05, 3.63) is 29.6 Å². The number of benzene rings is 1. The summed E-state index contributed by atoms with van der Waals surface area (Å²) >= 11 is 0. The number of halogens is 4. The summed E-state index contributed by atoms with van der Waals surface area (Å²) in [7, 11) is 0. The molecule has 0 bridgehead atoms. The minimum absolute atomic E-state index is 0.115. The molecular formula is C14H18F4N2. The van der Waals surface area contributed by atoms with E-state index in [1.807, 2.05) is 6.92 Å². The molecule has 0 saturated carbocycles. The van der Waals surface area contributed by atoms with Crippen molar-refractivity contribution in [3.63, 3.8) is 0 Å². The van der Waals surface area contributed by atoms with Crippen LogP contribution in [0.25, 0.3) is 0 Å². The molecule has 0 aromatic heterocycles. The van der Waals surface area contributed by atoms with Gasteiger partial charge in [0.2, 0.25) is 0 Å². The fourth-order valence-corrected chi connectivity index (χ4v) is 2.40. The van der Waals surface area contributed by atoms with Crippen LogP contribution in [0, 0.1) is 5.82 Å². The Labute approximate surface area is 115 Å². The van der Waals surface area contributed by atoms with Crippen LogP contribution in [0.5, 0.6) is 0 Å². The molecule has 20 heavy (non-hydrogen) atoms. The molecule has 1 aromatic rings. The number of hydrogen-bond acceptors (Lipinski definition) is 2. The quantitative estimate of drug-likeness (QED) is 0.850. The lowest BCUT2D eigenvalue weighted by molar-refractivity contribution is -0.137. The van der Waals surface area contributed by atoms with Crippen LogP contribution in [-0.4, -0.2) is 30.6 Å². The predicted molar refractivity (Wildman–Crippen MR) is 70.2 cm³/mol. The lowest BCUT2D eigenvalue weighted by Crippen LogP contribution is -2.35. The fourth-order valence-electron chi connectivity index (χ4n) is 2.40. The first-order chi connectivity index (χ1) is 9.38. The molecule has 2 nitrogen and oxygen atoms in total. The number of hydrogen-bond donors (Lipinski definition) is 1. The lowest BCUT2D eigenvalue weighted by Gasteiger charge is -2.24. The molecule has 1 unspecified atom stereocenters. The summed E-state index contributed by atoms with van der Waals surface area (Å²) in [4.78, 5) is 2.29. The van der Waals surface area contributed by atoms with Crippen LogP contribution >= 0.6 is 0 Å². The third kappa shape index (κ3) is 3.62. The van der Waals surface area contributed by atoms with Crippen LogP contribution in [0.1, 0.15) is 25.3 Å². The summed E-state index contributed by atoms with van der Waals surface area (Å²) in [5.74, 6) is -0.867. The molecule has 1 atom stereocenters. The van der Waals surface area contributed by atoms with E-state index >= 15 is 0 Å². The molecular weight excluding hydrogens is 272 g/mol. The maximum absolute atomic E-state index is 13.6. The average molecular weight is 290 g/mol. The molecule has 0 radical (unpaired) electrons. The standard InChI is InChI=1S/C14H18F4N2/c1-10(20-6-2-3-7-20)9-19-13-5-4-11(8-12(13)15)14(16,17)18/h4-5,8,10,19H,2-3,6-7,9H2,1H3. The van der Waals surface area contributed by atoms with Gasteiger partial charge in [-0.25, -0.2) is 4.39 Å². The van der Waals surface area contributed by atoms with Crippen molar-refractivity contribution in [1.82, 2.24) is 4.90 Å². The summed E-state index contributed by atoms with van der Waals surface area (Å²) in [6.07, 6.45) is -2.18. The van der Waals surface area contributed by atoms with Gasteiger partial charge in [0.15, 0.2) is 0 Å². The van der Waals surface area contributed by atoms with Gasteiger partial charge in [-0.1, -0.05) is 0 Å². The Morgan fingerprint density at radius 2 is 1.90 bits per heavy atom. The van der Waals surface area contributed by atoms with E-state index in [4.69, 9.17) is 0 Å². The van der Waals surface area contributed by atoms with Crippen LogP contribution < -0.4 is 5.32 Å². The highest BCUT2D eigenvalue weighted by Crippen LogP contribution is 2.31. The van der Waals surface area contributed by atoms with E-state index in [0.717, 1.165) is 25.2 Å². The number of rotatable bonds is 4. The second kappa shape index (κ2) is 5.99. The van der Waals surface area contributed by atoms with E-state index in [1.54, 1.807) is 0 Å². The van der Waals surface area contributed by atoms with Crippen molar-refractivity contribution in [2.24, 2.45) is 0 Å². The zero-order valence-corrected chi connectivity index (χ0v) is 11.3. The Hall–Kier alpha value is -1.30. The van der Waals surface area contributed by atoms with Crippen LogP contribution in [0.2, 0.25) is 0 Å². The van der Waals surface area contributed by atoms with E-state index in [2.05, 4.69) is 10.2 Å². The van der Waals surface area contributed by atoms with Crippen molar-refractivity contribution in [2.75, 3.05) is 25.0 Å². The molecule has 1 aliphatic rings. The molecule has 1 aliphatic heterocycles. The maximum atomic E-state index is 13.6. The Morgan fingerprint density at radius 3 is 2.45 bits per heavy atom. The second-order valence-corrected chi connectivity index (χ2v) is 5.17. The molecule has 1 fully saturated rings. The lowest BCUT2D eigenvalue weighted by atomic mass is 10.2. The molecule has 0 spiro atoms. The highest BCUT2D eigenvalue weighted by atomic mass is 19.4. The fraction of sp³-hybridized carbons (Fsp3) is 0.571. The van der Waals surface area contributed by atoms with Crippen molar-refractivity contribution in [2.45, 2.75) is 32.0 Å². The Morgan fingerprint density at radius 1 is 1.25 bits per heavy atom. The smallest absolute Gasteiger partial charge is 0.381 e. The van der Waals surface area contributed by atoms with Gasteiger partial charge in [0.05, 0.1) is 11.3 Å². The SMILES string of the molecule is CC(CNc1ccc(C(F)(F)F)cc1F)N1CCCC1. The molecule has 0 amide bonds. The van der Waals surface area contributed by atoms with Gasteiger partial charge in [0.25, 0.3) is 0 Å². The number of nitrogens with one attached hydrogen (secondary N) is 1. The Kier molecular flexibility index (Phi) is 4.52. The van der Waals surface area contributed by atoms with Crippen LogP contribution in [0.15, 0.2) is 18.2 Å². The Balaban J connectivity index is 1.96. The number of anilines is 1. The van der Waals surface area contributed by atoms with Gasteiger partial charge >= 0.3 is 6.18 Å². The van der Waals surface area contributed by atoms with Gasteiger partial charge < -0.3 is 5.32 Å². The van der Waals surface area contributed by atoms with Gasteiger partial charge in [0.1, 0.15) is 5.82 Å². The first-order valence-electron chi connectivity index (χ1n) is 6.72. The summed E-state index contributed by atoms with van der Waals surface area (Å²) in [5, 5.41) is 2.88. The van der Waals surface area contributed by atoms with Crippen LogP contribution in [-0.2, 0) is 6.18 Å². The molecule has 112 valence electrons.